The van der Waals surface area contributed by atoms with Crippen LogP contribution in [0.25, 0.3) is 0 Å². The number of benzene rings is 2. The topological polar surface area (TPSA) is 53.2 Å². The summed E-state index contributed by atoms with van der Waals surface area (Å²) in [6.45, 7) is 0. The highest BCUT2D eigenvalue weighted by molar-refractivity contribution is 5.78. The highest BCUT2D eigenvalue weighted by atomic mass is 16.2. The predicted molar refractivity (Wildman–Crippen MR) is 78.9 cm³/mol. The molecule has 1 amide bonds. The number of hydrogen-bond donors (Lipinski definition) is 3. The van der Waals surface area contributed by atoms with Gasteiger partial charge in [-0.25, -0.2) is 0 Å². The van der Waals surface area contributed by atoms with E-state index in [2.05, 4.69) is 16.0 Å². The van der Waals surface area contributed by atoms with Crippen LogP contribution < -0.4 is 16.0 Å². The van der Waals surface area contributed by atoms with Gasteiger partial charge in [0, 0.05) is 18.2 Å². The van der Waals surface area contributed by atoms with Crippen LogP contribution in [0.5, 0.6) is 0 Å². The lowest BCUT2D eigenvalue weighted by Crippen LogP contribution is -2.56. The Morgan fingerprint density at radius 3 is 2.30 bits per heavy atom. The van der Waals surface area contributed by atoms with Crippen molar-refractivity contribution in [3.63, 3.8) is 0 Å². The molecule has 0 radical (unpaired) electrons. The van der Waals surface area contributed by atoms with Gasteiger partial charge in [-0.2, -0.15) is 0 Å². The van der Waals surface area contributed by atoms with Gasteiger partial charge in [0.15, 0.2) is 6.29 Å². The summed E-state index contributed by atoms with van der Waals surface area (Å²) >= 11 is 0. The van der Waals surface area contributed by atoms with Gasteiger partial charge in [0.05, 0.1) is 0 Å². The smallest absolute Gasteiger partial charge is 0.224 e. The first kappa shape index (κ1) is 12.7. The molecule has 2 atom stereocenters. The third kappa shape index (κ3) is 2.97. The Bertz CT molecular complexity index is 571. The summed E-state index contributed by atoms with van der Waals surface area (Å²) < 4.78 is 0. The number of carbonyl (C=O) groups is 1. The zero-order valence-corrected chi connectivity index (χ0v) is 11.0. The van der Waals surface area contributed by atoms with Crippen molar-refractivity contribution in [2.24, 2.45) is 0 Å². The molecule has 1 saturated heterocycles. The predicted octanol–water partition coefficient (Wildman–Crippen LogP) is 2.23. The van der Waals surface area contributed by atoms with Crippen molar-refractivity contribution >= 4 is 11.6 Å². The summed E-state index contributed by atoms with van der Waals surface area (Å²) in [5.74, 6) is 0.0473. The van der Waals surface area contributed by atoms with Gasteiger partial charge in [-0.15, -0.1) is 0 Å². The molecule has 2 aromatic rings. The SMILES string of the molecule is O=C1CC(c2ccccc2)NC(Nc2ccccc2)N1. The zero-order valence-electron chi connectivity index (χ0n) is 11.0. The van der Waals surface area contributed by atoms with Gasteiger partial charge in [0.1, 0.15) is 0 Å². The van der Waals surface area contributed by atoms with E-state index in [1.165, 1.54) is 0 Å². The molecule has 0 spiro atoms. The Morgan fingerprint density at radius 1 is 0.950 bits per heavy atom. The fraction of sp³-hybridized carbons (Fsp3) is 0.188. The number of hydrogen-bond acceptors (Lipinski definition) is 3. The summed E-state index contributed by atoms with van der Waals surface area (Å²) in [5, 5.41) is 9.58. The molecule has 4 heteroatoms. The second-order valence-electron chi connectivity index (χ2n) is 4.84. The largest absolute Gasteiger partial charge is 0.353 e. The molecular formula is C16H17N3O. The van der Waals surface area contributed by atoms with Gasteiger partial charge in [-0.1, -0.05) is 48.5 Å². The van der Waals surface area contributed by atoms with E-state index in [-0.39, 0.29) is 18.2 Å². The summed E-state index contributed by atoms with van der Waals surface area (Å²) in [7, 11) is 0. The Kier molecular flexibility index (Phi) is 3.65. The number of carbonyl (C=O) groups excluding carboxylic acids is 1. The standard InChI is InChI=1S/C16H17N3O/c20-15-11-14(12-7-3-1-4-8-12)18-16(19-15)17-13-9-5-2-6-10-13/h1-10,14,16-18H,11H2,(H,19,20). The van der Waals surface area contributed by atoms with Crippen LogP contribution >= 0.6 is 0 Å². The van der Waals surface area contributed by atoms with Crippen LogP contribution in [0.3, 0.4) is 0 Å². The van der Waals surface area contributed by atoms with E-state index >= 15 is 0 Å². The van der Waals surface area contributed by atoms with Crippen LogP contribution in [-0.4, -0.2) is 12.2 Å². The van der Waals surface area contributed by atoms with Gasteiger partial charge in [-0.05, 0) is 17.7 Å². The molecule has 1 aliphatic rings. The van der Waals surface area contributed by atoms with Gasteiger partial charge < -0.3 is 10.6 Å². The minimum absolute atomic E-state index is 0.0335. The van der Waals surface area contributed by atoms with Crippen molar-refractivity contribution in [2.45, 2.75) is 18.8 Å². The lowest BCUT2D eigenvalue weighted by molar-refractivity contribution is -0.124. The number of nitrogens with one attached hydrogen (secondary N) is 3. The molecule has 1 fully saturated rings. The molecule has 0 aromatic heterocycles. The second kappa shape index (κ2) is 5.75. The fourth-order valence-corrected chi connectivity index (χ4v) is 2.39. The van der Waals surface area contributed by atoms with E-state index < -0.39 is 0 Å². The summed E-state index contributed by atoms with van der Waals surface area (Å²) in [6.07, 6.45) is 0.195. The highest BCUT2D eigenvalue weighted by Crippen LogP contribution is 2.20. The molecule has 0 aliphatic carbocycles. The molecule has 3 N–H and O–H groups in total. The second-order valence-corrected chi connectivity index (χ2v) is 4.84. The van der Waals surface area contributed by atoms with E-state index in [4.69, 9.17) is 0 Å². The van der Waals surface area contributed by atoms with Crippen LogP contribution in [0.4, 0.5) is 5.69 Å². The maximum atomic E-state index is 11.9. The van der Waals surface area contributed by atoms with Crippen molar-refractivity contribution in [3.8, 4) is 0 Å². The molecule has 20 heavy (non-hydrogen) atoms. The molecule has 0 saturated carbocycles. The van der Waals surface area contributed by atoms with Crippen molar-refractivity contribution in [3.05, 3.63) is 66.2 Å². The maximum Gasteiger partial charge on any atom is 0.224 e. The van der Waals surface area contributed by atoms with Gasteiger partial charge in [0.2, 0.25) is 5.91 Å². The van der Waals surface area contributed by atoms with Crippen molar-refractivity contribution in [2.75, 3.05) is 5.32 Å². The first-order valence-electron chi connectivity index (χ1n) is 6.73. The molecular weight excluding hydrogens is 250 g/mol. The first-order chi connectivity index (χ1) is 9.81. The summed E-state index contributed by atoms with van der Waals surface area (Å²) in [6, 6.07) is 19.9. The number of amides is 1. The van der Waals surface area contributed by atoms with E-state index in [0.29, 0.717) is 6.42 Å². The molecule has 0 bridgehead atoms. The first-order valence-corrected chi connectivity index (χ1v) is 6.73. The minimum Gasteiger partial charge on any atom is -0.353 e. The van der Waals surface area contributed by atoms with E-state index in [1.54, 1.807) is 0 Å². The third-order valence-corrected chi connectivity index (χ3v) is 3.35. The third-order valence-electron chi connectivity index (χ3n) is 3.35. The number of anilines is 1. The lowest BCUT2D eigenvalue weighted by Gasteiger charge is -2.32. The van der Waals surface area contributed by atoms with Crippen LogP contribution in [0, 0.1) is 0 Å². The van der Waals surface area contributed by atoms with Crippen molar-refractivity contribution in [1.82, 2.24) is 10.6 Å². The Labute approximate surface area is 118 Å². The summed E-state index contributed by atoms with van der Waals surface area (Å²) in [4.78, 5) is 11.9. The highest BCUT2D eigenvalue weighted by Gasteiger charge is 2.26. The fourth-order valence-electron chi connectivity index (χ4n) is 2.39. The summed E-state index contributed by atoms with van der Waals surface area (Å²) in [5.41, 5.74) is 2.10. The van der Waals surface area contributed by atoms with Gasteiger partial charge >= 0.3 is 0 Å². The average molecular weight is 267 g/mol. The Morgan fingerprint density at radius 2 is 1.60 bits per heavy atom. The molecule has 2 unspecified atom stereocenters. The number of para-hydroxylation sites is 1. The lowest BCUT2D eigenvalue weighted by atomic mass is 10.0. The maximum absolute atomic E-state index is 11.9. The Balaban J connectivity index is 1.72. The normalized spacial score (nSPS) is 22.1. The van der Waals surface area contributed by atoms with Crippen molar-refractivity contribution < 1.29 is 4.79 Å². The molecule has 2 aromatic carbocycles. The Hall–Kier alpha value is -2.33. The molecule has 1 aliphatic heterocycles. The van der Waals surface area contributed by atoms with Gasteiger partial charge in [0.25, 0.3) is 0 Å². The van der Waals surface area contributed by atoms with Gasteiger partial charge in [-0.3, -0.25) is 10.1 Å². The quantitative estimate of drug-likeness (QED) is 0.799. The minimum atomic E-state index is -0.260. The van der Waals surface area contributed by atoms with E-state index in [1.807, 2.05) is 60.7 Å². The molecule has 102 valence electrons. The zero-order chi connectivity index (χ0) is 13.8. The monoisotopic (exact) mass is 267 g/mol. The van der Waals surface area contributed by atoms with Crippen LogP contribution in [0.15, 0.2) is 60.7 Å². The van der Waals surface area contributed by atoms with Crippen LogP contribution in [0.2, 0.25) is 0 Å². The van der Waals surface area contributed by atoms with E-state index in [9.17, 15) is 4.79 Å². The molecule has 1 heterocycles. The van der Waals surface area contributed by atoms with Crippen LogP contribution in [-0.2, 0) is 4.79 Å². The van der Waals surface area contributed by atoms with Crippen LogP contribution in [0.1, 0.15) is 18.0 Å². The molecule has 3 rings (SSSR count). The van der Waals surface area contributed by atoms with E-state index in [0.717, 1.165) is 11.3 Å². The van der Waals surface area contributed by atoms with Crippen molar-refractivity contribution in [1.29, 1.82) is 0 Å². The molecule has 4 nitrogen and oxygen atoms in total. The number of rotatable bonds is 3. The average Bonchev–Trinajstić information content (AvgIpc) is 2.49.